The summed E-state index contributed by atoms with van der Waals surface area (Å²) in [6.45, 7) is 13.1. The topological polar surface area (TPSA) is 68.0 Å². The molecular formula is C21H34N6O. The van der Waals surface area contributed by atoms with Crippen LogP contribution in [-0.2, 0) is 24.9 Å². The third-order valence-corrected chi connectivity index (χ3v) is 6.23. The molecule has 7 heteroatoms. The van der Waals surface area contributed by atoms with Gasteiger partial charge in [-0.3, -0.25) is 14.2 Å². The third-order valence-electron chi connectivity index (χ3n) is 6.23. The van der Waals surface area contributed by atoms with Crippen LogP contribution < -0.4 is 5.32 Å². The molecule has 0 spiro atoms. The van der Waals surface area contributed by atoms with Gasteiger partial charge in [-0.1, -0.05) is 6.92 Å². The first-order valence-corrected chi connectivity index (χ1v) is 10.3. The fraction of sp³-hybridized carbons (Fsp3) is 0.667. The first kappa shape index (κ1) is 20.6. The Morgan fingerprint density at radius 3 is 2.39 bits per heavy atom. The second kappa shape index (κ2) is 8.07. The Labute approximate surface area is 168 Å². The molecule has 1 aliphatic rings. The lowest BCUT2D eigenvalue weighted by atomic mass is 9.92. The summed E-state index contributed by atoms with van der Waals surface area (Å²) in [5.74, 6) is 0.452. The predicted octanol–water partition coefficient (Wildman–Crippen LogP) is 2.57. The van der Waals surface area contributed by atoms with Crippen molar-refractivity contribution < 1.29 is 4.79 Å². The van der Waals surface area contributed by atoms with E-state index < -0.39 is 0 Å². The summed E-state index contributed by atoms with van der Waals surface area (Å²) in [5.41, 5.74) is 6.96. The molecule has 0 aliphatic carbocycles. The van der Waals surface area contributed by atoms with E-state index in [-0.39, 0.29) is 17.9 Å². The molecule has 0 radical (unpaired) electrons. The summed E-state index contributed by atoms with van der Waals surface area (Å²) < 4.78 is 4.02. The number of carbonyl (C=O) groups excluding carboxylic acids is 1. The minimum Gasteiger partial charge on any atom is -0.338 e. The summed E-state index contributed by atoms with van der Waals surface area (Å²) in [5, 5.41) is 12.8. The van der Waals surface area contributed by atoms with Crippen molar-refractivity contribution >= 4 is 5.91 Å². The second-order valence-corrected chi connectivity index (χ2v) is 8.13. The highest BCUT2D eigenvalue weighted by atomic mass is 16.2. The zero-order chi connectivity index (χ0) is 20.6. The van der Waals surface area contributed by atoms with Gasteiger partial charge < -0.3 is 10.2 Å². The van der Waals surface area contributed by atoms with Crippen LogP contribution in [0, 0.1) is 33.6 Å². The van der Waals surface area contributed by atoms with Crippen LogP contribution in [0.3, 0.4) is 0 Å². The van der Waals surface area contributed by atoms with E-state index in [1.165, 1.54) is 16.8 Å². The van der Waals surface area contributed by atoms with Crippen molar-refractivity contribution in [2.45, 2.75) is 66.6 Å². The number of aryl methyl sites for hydroxylation is 4. The van der Waals surface area contributed by atoms with Crippen molar-refractivity contribution in [1.29, 1.82) is 0 Å². The third kappa shape index (κ3) is 3.60. The van der Waals surface area contributed by atoms with Gasteiger partial charge in [0, 0.05) is 68.6 Å². The average molecular weight is 387 g/mol. The van der Waals surface area contributed by atoms with E-state index in [4.69, 9.17) is 0 Å². The van der Waals surface area contributed by atoms with Crippen LogP contribution in [0.1, 0.15) is 59.7 Å². The first-order chi connectivity index (χ1) is 13.3. The average Bonchev–Trinajstić information content (AvgIpc) is 3.16. The fourth-order valence-corrected chi connectivity index (χ4v) is 4.58. The molecule has 7 nitrogen and oxygen atoms in total. The lowest BCUT2D eigenvalue weighted by molar-refractivity contribution is -0.127. The van der Waals surface area contributed by atoms with Gasteiger partial charge in [0.2, 0.25) is 5.91 Å². The molecule has 2 aromatic heterocycles. The van der Waals surface area contributed by atoms with Crippen LogP contribution in [0.5, 0.6) is 0 Å². The van der Waals surface area contributed by atoms with Crippen molar-refractivity contribution in [3.8, 4) is 0 Å². The number of nitrogens with one attached hydrogen (secondary N) is 1. The van der Waals surface area contributed by atoms with E-state index in [9.17, 15) is 4.79 Å². The fourth-order valence-electron chi connectivity index (χ4n) is 4.58. The Balaban J connectivity index is 1.74. The molecule has 2 atom stereocenters. The van der Waals surface area contributed by atoms with Crippen LogP contribution in [-0.4, -0.2) is 44.0 Å². The second-order valence-electron chi connectivity index (χ2n) is 8.13. The van der Waals surface area contributed by atoms with Crippen LogP contribution in [0.15, 0.2) is 0 Å². The van der Waals surface area contributed by atoms with Gasteiger partial charge >= 0.3 is 0 Å². The van der Waals surface area contributed by atoms with Crippen molar-refractivity contribution in [1.82, 2.24) is 29.8 Å². The van der Waals surface area contributed by atoms with Gasteiger partial charge in [-0.25, -0.2) is 0 Å². The molecule has 0 unspecified atom stereocenters. The summed E-state index contributed by atoms with van der Waals surface area (Å²) in [6.07, 6.45) is 1.66. The summed E-state index contributed by atoms with van der Waals surface area (Å²) >= 11 is 0. The van der Waals surface area contributed by atoms with Gasteiger partial charge in [-0.2, -0.15) is 10.2 Å². The molecule has 1 aliphatic heterocycles. The number of aromatic nitrogens is 4. The molecule has 2 aromatic rings. The summed E-state index contributed by atoms with van der Waals surface area (Å²) in [6, 6.07) is 0.0821. The van der Waals surface area contributed by atoms with Gasteiger partial charge in [-0.05, 0) is 34.1 Å². The molecule has 0 aromatic carbocycles. The van der Waals surface area contributed by atoms with Crippen molar-refractivity contribution in [2.75, 3.05) is 13.6 Å². The van der Waals surface area contributed by atoms with Crippen molar-refractivity contribution in [3.05, 3.63) is 33.9 Å². The standard InChI is InChI=1S/C21H34N6O/c1-8-9-27-15(4)18(13(2)24-27)12-22-11-17-10-19(28)25(6)21(17)20-14(3)23-26(7)16(20)5/h17,21-22H,8-12H2,1-7H3/t17-,21+/m0/s1. The number of amides is 1. The molecule has 3 heterocycles. The number of hydrogen-bond donors (Lipinski definition) is 1. The highest BCUT2D eigenvalue weighted by Crippen LogP contribution is 2.39. The quantitative estimate of drug-likeness (QED) is 0.794. The minimum atomic E-state index is 0.0821. The van der Waals surface area contributed by atoms with Crippen LogP contribution in [0.2, 0.25) is 0 Å². The molecule has 1 fully saturated rings. The van der Waals surface area contributed by atoms with E-state index in [1.807, 2.05) is 30.6 Å². The van der Waals surface area contributed by atoms with Crippen LogP contribution in [0.4, 0.5) is 0 Å². The SMILES string of the molecule is CCCn1nc(C)c(CNC[C@@H]2CC(=O)N(C)[C@H]2c2c(C)nn(C)c2C)c1C. The van der Waals surface area contributed by atoms with Gasteiger partial charge in [0.05, 0.1) is 17.4 Å². The minimum absolute atomic E-state index is 0.0821. The lowest BCUT2D eigenvalue weighted by Crippen LogP contribution is -2.30. The number of likely N-dealkylation sites (tertiary alicyclic amines) is 1. The van der Waals surface area contributed by atoms with Crippen LogP contribution >= 0.6 is 0 Å². The normalized spacial score (nSPS) is 19.8. The number of rotatable bonds is 7. The maximum absolute atomic E-state index is 12.5. The predicted molar refractivity (Wildman–Crippen MR) is 110 cm³/mol. The van der Waals surface area contributed by atoms with E-state index >= 15 is 0 Å². The van der Waals surface area contributed by atoms with E-state index in [0.717, 1.165) is 43.1 Å². The molecule has 1 saturated heterocycles. The molecule has 0 saturated carbocycles. The smallest absolute Gasteiger partial charge is 0.223 e. The van der Waals surface area contributed by atoms with E-state index in [2.05, 4.69) is 47.9 Å². The first-order valence-electron chi connectivity index (χ1n) is 10.3. The highest BCUT2D eigenvalue weighted by Gasteiger charge is 2.40. The zero-order valence-electron chi connectivity index (χ0n) is 18.3. The Morgan fingerprint density at radius 1 is 1.07 bits per heavy atom. The molecule has 1 N–H and O–H groups in total. The Kier molecular flexibility index (Phi) is 5.93. The Hall–Kier alpha value is -2.15. The maximum atomic E-state index is 12.5. The molecular weight excluding hydrogens is 352 g/mol. The number of hydrogen-bond acceptors (Lipinski definition) is 4. The van der Waals surface area contributed by atoms with Crippen LogP contribution in [0.25, 0.3) is 0 Å². The molecule has 154 valence electrons. The largest absolute Gasteiger partial charge is 0.338 e. The van der Waals surface area contributed by atoms with E-state index in [1.54, 1.807) is 0 Å². The van der Waals surface area contributed by atoms with Gasteiger partial charge in [0.1, 0.15) is 0 Å². The monoisotopic (exact) mass is 386 g/mol. The summed E-state index contributed by atoms with van der Waals surface area (Å²) in [7, 11) is 3.89. The summed E-state index contributed by atoms with van der Waals surface area (Å²) in [4.78, 5) is 14.4. The highest BCUT2D eigenvalue weighted by molar-refractivity contribution is 5.79. The number of nitrogens with zero attached hydrogens (tertiary/aromatic N) is 5. The molecule has 1 amide bonds. The van der Waals surface area contributed by atoms with Crippen molar-refractivity contribution in [3.63, 3.8) is 0 Å². The van der Waals surface area contributed by atoms with Crippen molar-refractivity contribution in [2.24, 2.45) is 13.0 Å². The zero-order valence-corrected chi connectivity index (χ0v) is 18.3. The number of carbonyl (C=O) groups is 1. The molecule has 28 heavy (non-hydrogen) atoms. The Morgan fingerprint density at radius 2 is 1.79 bits per heavy atom. The van der Waals surface area contributed by atoms with Gasteiger partial charge in [0.25, 0.3) is 0 Å². The molecule has 0 bridgehead atoms. The molecule has 3 rings (SSSR count). The van der Waals surface area contributed by atoms with E-state index in [0.29, 0.717) is 6.42 Å². The lowest BCUT2D eigenvalue weighted by Gasteiger charge is -2.26. The van der Waals surface area contributed by atoms with Gasteiger partial charge in [0.15, 0.2) is 0 Å². The Bertz CT molecular complexity index is 865. The maximum Gasteiger partial charge on any atom is 0.223 e. The van der Waals surface area contributed by atoms with Gasteiger partial charge in [-0.15, -0.1) is 0 Å².